The highest BCUT2D eigenvalue weighted by Crippen LogP contribution is 2.48. The van der Waals surface area contributed by atoms with Gasteiger partial charge in [-0.15, -0.1) is 20.4 Å². The summed E-state index contributed by atoms with van der Waals surface area (Å²) in [4.78, 5) is 15.3. The zero-order chi connectivity index (χ0) is 39.4. The maximum absolute atomic E-state index is 14.2. The van der Waals surface area contributed by atoms with Crippen molar-refractivity contribution in [3.8, 4) is 0 Å². The number of aromatic nitrogens is 10. The van der Waals surface area contributed by atoms with Gasteiger partial charge in [0.25, 0.3) is 0 Å². The molecule has 6 aromatic rings. The number of nitrogens with one attached hydrogen (secondary N) is 2. The number of aromatic amines is 2. The summed E-state index contributed by atoms with van der Waals surface area (Å²) in [7, 11) is -7.01. The molecule has 0 radical (unpaired) electrons. The van der Waals surface area contributed by atoms with Crippen LogP contribution in [0.2, 0.25) is 0 Å². The van der Waals surface area contributed by atoms with Gasteiger partial charge in [0.1, 0.15) is 11.6 Å². The second-order valence-electron chi connectivity index (χ2n) is 16.1. The van der Waals surface area contributed by atoms with Gasteiger partial charge in [-0.3, -0.25) is 8.80 Å². The van der Waals surface area contributed by atoms with Crippen molar-refractivity contribution in [2.45, 2.75) is 85.0 Å². The first kappa shape index (κ1) is 38.9. The van der Waals surface area contributed by atoms with E-state index >= 15 is 0 Å². The van der Waals surface area contributed by atoms with Crippen molar-refractivity contribution in [2.24, 2.45) is 29.6 Å². The normalized spacial score (nSPS) is 24.3. The maximum Gasteiger partial charge on any atom is 0.214 e. The maximum atomic E-state index is 14.2. The van der Waals surface area contributed by atoms with E-state index in [-0.39, 0.29) is 47.0 Å². The van der Waals surface area contributed by atoms with E-state index in [1.54, 1.807) is 21.0 Å². The highest BCUT2D eigenvalue weighted by molar-refractivity contribution is 7.89. The lowest BCUT2D eigenvalue weighted by molar-refractivity contribution is 0.279. The SMILES string of the molecule is CC[C@@H]1C[C@H](CS(=O)(=O)N(CC)CCC(C)[C@H]2C[C@@H](CS(=O)(=O)N(CC)CC)C[C@@H]2c2nnc3cnc4[nH]ccc4n23)C[C@H]1c1nnc2cnc3[nH]ccc3n12. The zero-order valence-electron chi connectivity index (χ0n) is 32.9. The van der Waals surface area contributed by atoms with Gasteiger partial charge in [-0.2, -0.15) is 0 Å². The minimum absolute atomic E-state index is 0.00559. The molecule has 0 aliphatic heterocycles. The zero-order valence-corrected chi connectivity index (χ0v) is 34.5. The first-order valence-corrected chi connectivity index (χ1v) is 23.5. The van der Waals surface area contributed by atoms with Crippen molar-refractivity contribution in [3.05, 3.63) is 48.6 Å². The number of H-pyrrole nitrogens is 2. The Morgan fingerprint density at radius 3 is 1.79 bits per heavy atom. The first-order chi connectivity index (χ1) is 27.0. The summed E-state index contributed by atoms with van der Waals surface area (Å²) in [6.07, 6.45) is 11.7. The van der Waals surface area contributed by atoms with E-state index in [1.807, 2.05) is 49.7 Å². The fourth-order valence-electron chi connectivity index (χ4n) is 10.1. The predicted molar refractivity (Wildman–Crippen MR) is 215 cm³/mol. The van der Waals surface area contributed by atoms with Crippen LogP contribution in [0.15, 0.2) is 36.9 Å². The molecule has 2 N–H and O–H groups in total. The van der Waals surface area contributed by atoms with Crippen LogP contribution >= 0.6 is 0 Å². The van der Waals surface area contributed by atoms with Gasteiger partial charge in [0.15, 0.2) is 22.6 Å². The largest absolute Gasteiger partial charge is 0.345 e. The summed E-state index contributed by atoms with van der Waals surface area (Å²) >= 11 is 0. The van der Waals surface area contributed by atoms with E-state index in [4.69, 9.17) is 5.10 Å². The second kappa shape index (κ2) is 15.4. The molecule has 302 valence electrons. The molecule has 0 saturated heterocycles. The molecular weight excluding hydrogens is 753 g/mol. The molecule has 1 unspecified atom stereocenters. The van der Waals surface area contributed by atoms with Crippen molar-refractivity contribution < 1.29 is 16.8 Å². The minimum Gasteiger partial charge on any atom is -0.345 e. The number of hydrogen-bond acceptors (Lipinski definition) is 10. The van der Waals surface area contributed by atoms with Crippen LogP contribution in [0.5, 0.6) is 0 Å². The van der Waals surface area contributed by atoms with Gasteiger partial charge >= 0.3 is 0 Å². The monoisotopic (exact) mass is 806 g/mol. The quantitative estimate of drug-likeness (QED) is 0.131. The van der Waals surface area contributed by atoms with Crippen molar-refractivity contribution in [3.63, 3.8) is 0 Å². The molecule has 2 saturated carbocycles. The lowest BCUT2D eigenvalue weighted by Gasteiger charge is -2.28. The Hall–Kier alpha value is -4.00. The Morgan fingerprint density at radius 2 is 1.23 bits per heavy atom. The predicted octanol–water partition coefficient (Wildman–Crippen LogP) is 5.20. The van der Waals surface area contributed by atoms with E-state index in [0.717, 1.165) is 53.2 Å². The summed E-state index contributed by atoms with van der Waals surface area (Å²) in [5.41, 5.74) is 4.64. The van der Waals surface area contributed by atoms with E-state index in [9.17, 15) is 16.8 Å². The molecule has 0 amide bonds. The first-order valence-electron chi connectivity index (χ1n) is 20.3. The molecule has 7 atom stereocenters. The third kappa shape index (κ3) is 7.00. The van der Waals surface area contributed by atoms with E-state index < -0.39 is 20.0 Å². The minimum atomic E-state index is -3.57. The Kier molecular flexibility index (Phi) is 10.7. The van der Waals surface area contributed by atoms with Crippen LogP contribution in [0.1, 0.15) is 96.6 Å². The number of rotatable bonds is 16. The number of fused-ring (bicyclic) bond motifs is 6. The fraction of sp³-hybridized carbons (Fsp3) is 0.632. The van der Waals surface area contributed by atoms with Crippen LogP contribution in [0.4, 0.5) is 0 Å². The third-order valence-electron chi connectivity index (χ3n) is 12.9. The molecule has 0 aromatic carbocycles. The smallest absolute Gasteiger partial charge is 0.214 e. The Labute approximate surface area is 328 Å². The van der Waals surface area contributed by atoms with Gasteiger partial charge in [-0.25, -0.2) is 35.4 Å². The lowest BCUT2D eigenvalue weighted by Crippen LogP contribution is -2.37. The fourth-order valence-corrected chi connectivity index (χ4v) is 13.9. The van der Waals surface area contributed by atoms with Gasteiger partial charge < -0.3 is 9.97 Å². The Morgan fingerprint density at radius 1 is 0.714 bits per heavy atom. The molecule has 56 heavy (non-hydrogen) atoms. The molecule has 0 spiro atoms. The summed E-state index contributed by atoms with van der Waals surface area (Å²) in [5.74, 6) is 2.34. The van der Waals surface area contributed by atoms with Gasteiger partial charge in [0.05, 0.1) is 34.9 Å². The van der Waals surface area contributed by atoms with Crippen molar-refractivity contribution in [1.82, 2.24) is 57.7 Å². The standard InChI is InChI=1S/C38H54N12O4S2/c1-6-27-16-25(18-29(27)37-45-43-33-20-41-35-31(49(33)37)10-13-39-35)22-56(53,54)48(9-4)15-12-24(5)28-17-26(23-55(51,52)47(7-2)8-3)19-30(28)38-46-44-34-21-42-36-32(50(34)38)11-14-40-36/h10-11,13-14,20-21,24-30,39-40H,6-9,12,15-19,22-23H2,1-5H3/t24?,25-,26+,27+,28+,29+,30-/m0/s1. The average molecular weight is 807 g/mol. The molecule has 2 aliphatic carbocycles. The molecule has 0 bridgehead atoms. The van der Waals surface area contributed by atoms with Crippen molar-refractivity contribution >= 4 is 53.7 Å². The van der Waals surface area contributed by atoms with Crippen LogP contribution in [-0.4, -0.2) is 112 Å². The number of hydrogen-bond donors (Lipinski definition) is 2. The van der Waals surface area contributed by atoms with E-state index in [2.05, 4.69) is 53.5 Å². The lowest BCUT2D eigenvalue weighted by atomic mass is 9.82. The number of nitrogens with zero attached hydrogens (tertiary/aromatic N) is 10. The van der Waals surface area contributed by atoms with Crippen molar-refractivity contribution in [2.75, 3.05) is 37.7 Å². The topological polar surface area (TPSA) is 192 Å². The van der Waals surface area contributed by atoms with Gasteiger partial charge in [-0.1, -0.05) is 41.0 Å². The summed E-state index contributed by atoms with van der Waals surface area (Å²) in [6, 6.07) is 3.94. The summed E-state index contributed by atoms with van der Waals surface area (Å²) in [5, 5.41) is 18.2. The molecule has 16 nitrogen and oxygen atoms in total. The third-order valence-corrected chi connectivity index (χ3v) is 17.2. The van der Waals surface area contributed by atoms with Crippen LogP contribution in [0.3, 0.4) is 0 Å². The Balaban J connectivity index is 0.993. The Bertz CT molecular complexity index is 2540. The molecule has 8 rings (SSSR count). The molecule has 2 fully saturated rings. The summed E-state index contributed by atoms with van der Waals surface area (Å²) < 4.78 is 62.7. The highest BCUT2D eigenvalue weighted by atomic mass is 32.2. The van der Waals surface area contributed by atoms with Crippen molar-refractivity contribution in [1.29, 1.82) is 0 Å². The summed E-state index contributed by atoms with van der Waals surface area (Å²) in [6.45, 7) is 11.7. The van der Waals surface area contributed by atoms with Crippen LogP contribution < -0.4 is 0 Å². The molecule has 18 heteroatoms. The van der Waals surface area contributed by atoms with E-state index in [0.29, 0.717) is 62.7 Å². The van der Waals surface area contributed by atoms with Gasteiger partial charge in [0.2, 0.25) is 20.0 Å². The average Bonchev–Trinajstić information content (AvgIpc) is 4.02. The second-order valence-corrected chi connectivity index (χ2v) is 20.1. The molecule has 6 heterocycles. The molecule has 6 aromatic heterocycles. The van der Waals surface area contributed by atoms with Crippen LogP contribution in [0.25, 0.3) is 33.6 Å². The molecule has 2 aliphatic rings. The van der Waals surface area contributed by atoms with Crippen LogP contribution in [0, 0.1) is 29.6 Å². The van der Waals surface area contributed by atoms with Crippen LogP contribution in [-0.2, 0) is 20.0 Å². The highest BCUT2D eigenvalue weighted by Gasteiger charge is 2.44. The van der Waals surface area contributed by atoms with Gasteiger partial charge in [0, 0.05) is 50.4 Å². The van der Waals surface area contributed by atoms with E-state index in [1.165, 1.54) is 0 Å². The van der Waals surface area contributed by atoms with Gasteiger partial charge in [-0.05, 0) is 73.8 Å². The molecular formula is C38H54N12O4S2. The number of sulfonamides is 2.